The molecule has 0 spiro atoms. The van der Waals surface area contributed by atoms with Crippen LogP contribution >= 0.6 is 0 Å². The summed E-state index contributed by atoms with van der Waals surface area (Å²) in [4.78, 5) is 4.39. The van der Waals surface area contributed by atoms with Crippen LogP contribution in [0, 0.1) is 6.92 Å². The van der Waals surface area contributed by atoms with Crippen LogP contribution in [-0.4, -0.2) is 36.4 Å². The Morgan fingerprint density at radius 2 is 2.22 bits per heavy atom. The minimum atomic E-state index is -0.620. The second kappa shape index (κ2) is 4.68. The van der Waals surface area contributed by atoms with Crippen molar-refractivity contribution in [3.05, 3.63) is 24.2 Å². The van der Waals surface area contributed by atoms with E-state index < -0.39 is 10.8 Å². The maximum absolute atomic E-state index is 11.3. The van der Waals surface area contributed by atoms with Gasteiger partial charge in [-0.2, -0.15) is 5.10 Å². The minimum absolute atomic E-state index is 0.372. The van der Waals surface area contributed by atoms with Crippen molar-refractivity contribution in [3.8, 4) is 0 Å². The zero-order chi connectivity index (χ0) is 12.5. The molecule has 0 unspecified atom stereocenters. The number of aryl methyl sites for hydroxylation is 1. The summed E-state index contributed by atoms with van der Waals surface area (Å²) >= 11 is 0. The Hall–Kier alpha value is -1.43. The molecule has 2 aromatic rings. The van der Waals surface area contributed by atoms with Gasteiger partial charge in [-0.3, -0.25) is 4.21 Å². The van der Waals surface area contributed by atoms with Crippen molar-refractivity contribution in [2.24, 2.45) is 0 Å². The largest absolute Gasteiger partial charge is 0.365 e. The van der Waals surface area contributed by atoms with E-state index in [0.717, 1.165) is 41.4 Å². The predicted molar refractivity (Wildman–Crippen MR) is 72.2 cm³/mol. The van der Waals surface area contributed by atoms with Gasteiger partial charge < -0.3 is 5.32 Å². The molecule has 2 aromatic heterocycles. The summed E-state index contributed by atoms with van der Waals surface area (Å²) in [5.41, 5.74) is 1.98. The maximum Gasteiger partial charge on any atom is 0.152 e. The standard InChI is InChI=1S/C12H16N4OS/c1-9-8-11-12(13-4-5-16(11)15-9)14-10-2-6-18(17)7-3-10/h4-5,8,10H,2-3,6-7H2,1H3,(H,13,14). The molecule has 1 aliphatic rings. The molecular weight excluding hydrogens is 248 g/mol. The molecule has 3 rings (SSSR count). The van der Waals surface area contributed by atoms with Crippen LogP contribution in [0.25, 0.3) is 5.52 Å². The molecular formula is C12H16N4OS. The van der Waals surface area contributed by atoms with E-state index in [4.69, 9.17) is 0 Å². The Labute approximate surface area is 108 Å². The third-order valence-corrected chi connectivity index (χ3v) is 4.62. The van der Waals surface area contributed by atoms with Gasteiger partial charge in [0, 0.05) is 40.7 Å². The van der Waals surface area contributed by atoms with E-state index in [-0.39, 0.29) is 0 Å². The summed E-state index contributed by atoms with van der Waals surface area (Å²) < 4.78 is 13.2. The van der Waals surface area contributed by atoms with Crippen LogP contribution in [0.15, 0.2) is 18.5 Å². The molecule has 0 atom stereocenters. The molecule has 1 fully saturated rings. The van der Waals surface area contributed by atoms with Gasteiger partial charge in [0.1, 0.15) is 5.52 Å². The monoisotopic (exact) mass is 264 g/mol. The van der Waals surface area contributed by atoms with Gasteiger partial charge >= 0.3 is 0 Å². The highest BCUT2D eigenvalue weighted by Gasteiger charge is 2.18. The fraction of sp³-hybridized carbons (Fsp3) is 0.500. The Balaban J connectivity index is 1.84. The second-order valence-corrected chi connectivity index (χ2v) is 6.35. The summed E-state index contributed by atoms with van der Waals surface area (Å²) in [5, 5.41) is 7.82. The van der Waals surface area contributed by atoms with Crippen LogP contribution in [0.1, 0.15) is 18.5 Å². The fourth-order valence-corrected chi connectivity index (χ4v) is 3.59. The first kappa shape index (κ1) is 11.6. The number of rotatable bonds is 2. The lowest BCUT2D eigenvalue weighted by Crippen LogP contribution is -2.29. The quantitative estimate of drug-likeness (QED) is 0.890. The van der Waals surface area contributed by atoms with Gasteiger partial charge in [-0.15, -0.1) is 0 Å². The van der Waals surface area contributed by atoms with Crippen molar-refractivity contribution in [2.75, 3.05) is 16.8 Å². The van der Waals surface area contributed by atoms with Crippen LogP contribution in [-0.2, 0) is 10.8 Å². The Morgan fingerprint density at radius 3 is 3.00 bits per heavy atom. The van der Waals surface area contributed by atoms with Crippen LogP contribution < -0.4 is 5.32 Å². The number of aromatic nitrogens is 3. The lowest BCUT2D eigenvalue weighted by molar-refractivity contribution is 0.622. The number of nitrogens with one attached hydrogen (secondary N) is 1. The SMILES string of the molecule is Cc1cc2c(NC3CCS(=O)CC3)nccn2n1. The first-order valence-electron chi connectivity index (χ1n) is 6.15. The highest BCUT2D eigenvalue weighted by Crippen LogP contribution is 2.19. The zero-order valence-corrected chi connectivity index (χ0v) is 11.1. The second-order valence-electron chi connectivity index (χ2n) is 4.66. The van der Waals surface area contributed by atoms with Gasteiger partial charge in [-0.05, 0) is 25.8 Å². The molecule has 1 aliphatic heterocycles. The van der Waals surface area contributed by atoms with E-state index in [1.807, 2.05) is 23.7 Å². The van der Waals surface area contributed by atoms with Crippen molar-refractivity contribution in [1.82, 2.24) is 14.6 Å². The van der Waals surface area contributed by atoms with Crippen molar-refractivity contribution in [2.45, 2.75) is 25.8 Å². The van der Waals surface area contributed by atoms with Crippen LogP contribution in [0.3, 0.4) is 0 Å². The summed E-state index contributed by atoms with van der Waals surface area (Å²) in [7, 11) is -0.620. The third-order valence-electron chi connectivity index (χ3n) is 3.24. The van der Waals surface area contributed by atoms with Gasteiger partial charge in [0.2, 0.25) is 0 Å². The van der Waals surface area contributed by atoms with E-state index in [1.165, 1.54) is 0 Å². The van der Waals surface area contributed by atoms with Crippen LogP contribution in [0.2, 0.25) is 0 Å². The van der Waals surface area contributed by atoms with Crippen molar-refractivity contribution >= 4 is 22.1 Å². The molecule has 0 aliphatic carbocycles. The van der Waals surface area contributed by atoms with E-state index >= 15 is 0 Å². The van der Waals surface area contributed by atoms with E-state index in [0.29, 0.717) is 6.04 Å². The molecule has 5 nitrogen and oxygen atoms in total. The molecule has 3 heterocycles. The molecule has 0 aromatic carbocycles. The van der Waals surface area contributed by atoms with Gasteiger partial charge in [0.15, 0.2) is 5.82 Å². The first-order valence-corrected chi connectivity index (χ1v) is 7.64. The summed E-state index contributed by atoms with van der Waals surface area (Å²) in [6, 6.07) is 2.40. The van der Waals surface area contributed by atoms with Gasteiger partial charge in [-0.1, -0.05) is 0 Å². The fourth-order valence-electron chi connectivity index (χ4n) is 2.29. The molecule has 1 saturated heterocycles. The van der Waals surface area contributed by atoms with Gasteiger partial charge in [0.05, 0.1) is 5.69 Å². The molecule has 1 N–H and O–H groups in total. The Kier molecular flexibility index (Phi) is 3.03. The summed E-state index contributed by atoms with van der Waals surface area (Å²) in [5.74, 6) is 2.45. The normalized spacial score (nSPS) is 24.3. The average Bonchev–Trinajstić information content (AvgIpc) is 2.73. The smallest absolute Gasteiger partial charge is 0.152 e. The predicted octanol–water partition coefficient (Wildman–Crippen LogP) is 1.36. The van der Waals surface area contributed by atoms with Gasteiger partial charge in [0.25, 0.3) is 0 Å². The topological polar surface area (TPSA) is 59.3 Å². The molecule has 0 radical (unpaired) electrons. The summed E-state index contributed by atoms with van der Waals surface area (Å²) in [6.07, 6.45) is 5.50. The number of anilines is 1. The van der Waals surface area contributed by atoms with E-state index in [2.05, 4.69) is 15.4 Å². The highest BCUT2D eigenvalue weighted by molar-refractivity contribution is 7.85. The van der Waals surface area contributed by atoms with Crippen LogP contribution in [0.5, 0.6) is 0 Å². The zero-order valence-electron chi connectivity index (χ0n) is 10.3. The molecule has 6 heteroatoms. The lowest BCUT2D eigenvalue weighted by Gasteiger charge is -2.23. The van der Waals surface area contributed by atoms with Crippen molar-refractivity contribution < 1.29 is 4.21 Å². The highest BCUT2D eigenvalue weighted by atomic mass is 32.2. The third kappa shape index (κ3) is 2.25. The maximum atomic E-state index is 11.3. The molecule has 18 heavy (non-hydrogen) atoms. The number of fused-ring (bicyclic) bond motifs is 1. The number of hydrogen-bond acceptors (Lipinski definition) is 4. The number of hydrogen-bond donors (Lipinski definition) is 1. The molecule has 0 bridgehead atoms. The number of nitrogens with zero attached hydrogens (tertiary/aromatic N) is 3. The minimum Gasteiger partial charge on any atom is -0.365 e. The van der Waals surface area contributed by atoms with Crippen LogP contribution in [0.4, 0.5) is 5.82 Å². The van der Waals surface area contributed by atoms with E-state index in [9.17, 15) is 4.21 Å². The molecule has 0 saturated carbocycles. The molecule has 96 valence electrons. The van der Waals surface area contributed by atoms with Crippen molar-refractivity contribution in [3.63, 3.8) is 0 Å². The van der Waals surface area contributed by atoms with E-state index in [1.54, 1.807) is 6.20 Å². The van der Waals surface area contributed by atoms with Gasteiger partial charge in [-0.25, -0.2) is 9.50 Å². The Bertz CT molecular complexity index is 585. The lowest BCUT2D eigenvalue weighted by atomic mass is 10.1. The van der Waals surface area contributed by atoms with Crippen molar-refractivity contribution in [1.29, 1.82) is 0 Å². The average molecular weight is 264 g/mol. The Morgan fingerprint density at radius 1 is 1.44 bits per heavy atom. The molecule has 0 amide bonds. The summed E-state index contributed by atoms with van der Waals surface area (Å²) in [6.45, 7) is 1.97. The first-order chi connectivity index (χ1) is 8.72.